The number of hydrogen-bond acceptors (Lipinski definition) is 1. The van der Waals surface area contributed by atoms with E-state index in [4.69, 9.17) is 5.11 Å². The molecule has 0 amide bonds. The Morgan fingerprint density at radius 2 is 2.36 bits per heavy atom. The van der Waals surface area contributed by atoms with Crippen molar-refractivity contribution in [2.45, 2.75) is 12.8 Å². The molecule has 0 saturated carbocycles. The van der Waals surface area contributed by atoms with E-state index in [0.29, 0.717) is 15.0 Å². The van der Waals surface area contributed by atoms with Crippen molar-refractivity contribution in [1.82, 2.24) is 0 Å². The molecule has 1 N–H and O–H groups in total. The molecular formula is C11H10O2Se. The van der Waals surface area contributed by atoms with Crippen LogP contribution in [0.25, 0.3) is 0 Å². The van der Waals surface area contributed by atoms with Crippen LogP contribution in [0.5, 0.6) is 0 Å². The standard InChI is InChI=1S/C11H10O2Se/c12-10(13)7-9-4-1-3-8-5-2-6-14-11(8)9/h1-4,6H,5,7H2,(H,12,13). The van der Waals surface area contributed by atoms with Crippen LogP contribution in [0.15, 0.2) is 29.2 Å². The van der Waals surface area contributed by atoms with Crippen LogP contribution in [0, 0.1) is 0 Å². The predicted molar refractivity (Wildman–Crippen MR) is 56.0 cm³/mol. The van der Waals surface area contributed by atoms with E-state index >= 15 is 0 Å². The minimum absolute atomic E-state index is 0.152. The van der Waals surface area contributed by atoms with Gasteiger partial charge in [0.1, 0.15) is 0 Å². The number of fused-ring (bicyclic) bond motifs is 1. The van der Waals surface area contributed by atoms with Crippen LogP contribution in [-0.2, 0) is 17.6 Å². The van der Waals surface area contributed by atoms with Gasteiger partial charge in [0, 0.05) is 0 Å². The molecule has 2 rings (SSSR count). The summed E-state index contributed by atoms with van der Waals surface area (Å²) in [5.41, 5.74) is 2.28. The Kier molecular flexibility index (Phi) is 2.71. The molecule has 2 nitrogen and oxygen atoms in total. The van der Waals surface area contributed by atoms with E-state index in [-0.39, 0.29) is 6.42 Å². The summed E-state index contributed by atoms with van der Waals surface area (Å²) >= 11 is 0.319. The summed E-state index contributed by atoms with van der Waals surface area (Å²) in [4.78, 5) is 12.8. The Bertz CT molecular complexity index is 396. The van der Waals surface area contributed by atoms with Gasteiger partial charge in [0.05, 0.1) is 0 Å². The zero-order chi connectivity index (χ0) is 9.97. The molecule has 0 spiro atoms. The van der Waals surface area contributed by atoms with Gasteiger partial charge in [0.2, 0.25) is 0 Å². The van der Waals surface area contributed by atoms with Crippen LogP contribution in [0.3, 0.4) is 0 Å². The Labute approximate surface area is 88.8 Å². The van der Waals surface area contributed by atoms with Crippen molar-refractivity contribution in [3.8, 4) is 0 Å². The van der Waals surface area contributed by atoms with E-state index in [0.717, 1.165) is 12.0 Å². The fourth-order valence-corrected chi connectivity index (χ4v) is 3.48. The van der Waals surface area contributed by atoms with Gasteiger partial charge in [-0.25, -0.2) is 0 Å². The van der Waals surface area contributed by atoms with Crippen molar-refractivity contribution in [2.24, 2.45) is 0 Å². The molecule has 14 heavy (non-hydrogen) atoms. The number of carbonyl (C=O) groups is 1. The average Bonchev–Trinajstić information content (AvgIpc) is 2.18. The Hall–Kier alpha value is -1.05. The predicted octanol–water partition coefficient (Wildman–Crippen LogP) is 0.713. The molecule has 1 aliphatic rings. The van der Waals surface area contributed by atoms with Crippen molar-refractivity contribution < 1.29 is 9.90 Å². The molecule has 0 aliphatic carbocycles. The van der Waals surface area contributed by atoms with Crippen LogP contribution in [0.2, 0.25) is 0 Å². The second-order valence-electron chi connectivity index (χ2n) is 3.17. The first-order valence-electron chi connectivity index (χ1n) is 4.41. The molecule has 0 radical (unpaired) electrons. The molecule has 0 saturated heterocycles. The van der Waals surface area contributed by atoms with E-state index in [1.165, 1.54) is 10.0 Å². The third kappa shape index (κ3) is 1.89. The number of carboxylic acid groups (broad SMARTS) is 1. The summed E-state index contributed by atoms with van der Waals surface area (Å²) < 4.78 is 1.27. The number of aliphatic carboxylic acids is 1. The van der Waals surface area contributed by atoms with Gasteiger partial charge in [-0.05, 0) is 0 Å². The second-order valence-corrected chi connectivity index (χ2v) is 5.09. The normalized spacial score (nSPS) is 13.7. The van der Waals surface area contributed by atoms with Gasteiger partial charge < -0.3 is 0 Å². The molecule has 0 aromatic heterocycles. The zero-order valence-corrected chi connectivity index (χ0v) is 9.28. The van der Waals surface area contributed by atoms with Crippen LogP contribution >= 0.6 is 0 Å². The van der Waals surface area contributed by atoms with Crippen LogP contribution in [0.1, 0.15) is 11.1 Å². The zero-order valence-electron chi connectivity index (χ0n) is 7.56. The van der Waals surface area contributed by atoms with Gasteiger partial charge in [-0.15, -0.1) is 0 Å². The Morgan fingerprint density at radius 1 is 1.50 bits per heavy atom. The van der Waals surface area contributed by atoms with Crippen molar-refractivity contribution >= 4 is 25.4 Å². The fraction of sp³-hybridized carbons (Fsp3) is 0.182. The van der Waals surface area contributed by atoms with Gasteiger partial charge in [0.25, 0.3) is 0 Å². The van der Waals surface area contributed by atoms with Crippen LogP contribution in [0.4, 0.5) is 0 Å². The topological polar surface area (TPSA) is 37.3 Å². The summed E-state index contributed by atoms with van der Waals surface area (Å²) in [5, 5.41) is 8.76. The molecule has 1 aromatic carbocycles. The average molecular weight is 253 g/mol. The summed E-state index contributed by atoms with van der Waals surface area (Å²) in [6.45, 7) is 0. The summed E-state index contributed by atoms with van der Waals surface area (Å²) in [7, 11) is 0. The van der Waals surface area contributed by atoms with Gasteiger partial charge in [-0.1, -0.05) is 0 Å². The minimum atomic E-state index is -0.747. The maximum atomic E-state index is 10.6. The first-order valence-corrected chi connectivity index (χ1v) is 6.26. The molecule has 0 atom stereocenters. The second kappa shape index (κ2) is 3.99. The number of hydrogen-bond donors (Lipinski definition) is 1. The number of rotatable bonds is 2. The molecule has 0 fully saturated rings. The number of carboxylic acids is 1. The Morgan fingerprint density at radius 3 is 3.14 bits per heavy atom. The van der Waals surface area contributed by atoms with Crippen molar-refractivity contribution in [2.75, 3.05) is 0 Å². The SMILES string of the molecule is O=C(O)Cc1cccc2c1[Se]C=CC2. The summed E-state index contributed by atoms with van der Waals surface area (Å²) in [6.07, 6.45) is 3.26. The van der Waals surface area contributed by atoms with Crippen molar-refractivity contribution in [1.29, 1.82) is 0 Å². The van der Waals surface area contributed by atoms with E-state index < -0.39 is 5.97 Å². The molecule has 1 heterocycles. The van der Waals surface area contributed by atoms with E-state index in [1.807, 2.05) is 12.1 Å². The molecule has 1 aromatic rings. The van der Waals surface area contributed by atoms with Crippen LogP contribution < -0.4 is 4.46 Å². The number of benzene rings is 1. The third-order valence-corrected chi connectivity index (χ3v) is 4.42. The van der Waals surface area contributed by atoms with Gasteiger partial charge >= 0.3 is 88.5 Å². The van der Waals surface area contributed by atoms with Crippen molar-refractivity contribution in [3.63, 3.8) is 0 Å². The van der Waals surface area contributed by atoms with Gasteiger partial charge in [0.15, 0.2) is 0 Å². The Balaban J connectivity index is 2.37. The van der Waals surface area contributed by atoms with E-state index in [9.17, 15) is 4.79 Å². The molecule has 3 heteroatoms. The molecule has 0 unspecified atom stereocenters. The molecule has 0 bridgehead atoms. The quantitative estimate of drug-likeness (QED) is 0.788. The van der Waals surface area contributed by atoms with Gasteiger partial charge in [-0.3, -0.25) is 0 Å². The first kappa shape index (κ1) is 9.50. The van der Waals surface area contributed by atoms with Crippen molar-refractivity contribution in [3.05, 3.63) is 40.4 Å². The summed E-state index contributed by atoms with van der Waals surface area (Å²) in [6, 6.07) is 5.96. The summed E-state index contributed by atoms with van der Waals surface area (Å²) in [5.74, 6) is -0.747. The fourth-order valence-electron chi connectivity index (χ4n) is 1.54. The first-order chi connectivity index (χ1) is 6.77. The van der Waals surface area contributed by atoms with Gasteiger partial charge in [-0.2, -0.15) is 0 Å². The molecule has 72 valence electrons. The maximum absolute atomic E-state index is 10.6. The van der Waals surface area contributed by atoms with E-state index in [2.05, 4.69) is 17.1 Å². The number of allylic oxidation sites excluding steroid dienone is 1. The monoisotopic (exact) mass is 254 g/mol. The molecule has 1 aliphatic heterocycles. The molecular weight excluding hydrogens is 243 g/mol. The van der Waals surface area contributed by atoms with E-state index in [1.54, 1.807) is 0 Å². The third-order valence-electron chi connectivity index (χ3n) is 2.14. The van der Waals surface area contributed by atoms with Crippen LogP contribution in [-0.4, -0.2) is 26.0 Å².